The molecular formula is C5H4NP. The minimum absolute atomic E-state index is 0.619. The maximum atomic E-state index is 8.21. The smallest absolute Gasteiger partial charge is 0.103 e. The summed E-state index contributed by atoms with van der Waals surface area (Å²) in [5.74, 6) is 2.00. The lowest BCUT2D eigenvalue weighted by Gasteiger charge is -1.64. The van der Waals surface area contributed by atoms with Crippen LogP contribution >= 0.6 is 8.19 Å². The van der Waals surface area contributed by atoms with Gasteiger partial charge in [0.2, 0.25) is 0 Å². The van der Waals surface area contributed by atoms with Crippen LogP contribution in [0.25, 0.3) is 0 Å². The van der Waals surface area contributed by atoms with Crippen molar-refractivity contribution in [3.05, 3.63) is 23.2 Å². The van der Waals surface area contributed by atoms with Crippen LogP contribution in [-0.4, -0.2) is 0 Å². The van der Waals surface area contributed by atoms with Gasteiger partial charge in [-0.25, -0.2) is 0 Å². The zero-order valence-corrected chi connectivity index (χ0v) is 4.68. The molecule has 0 bridgehead atoms. The molecule has 7 heavy (non-hydrogen) atoms. The third-order valence-electron chi connectivity index (χ3n) is 0.718. The van der Waals surface area contributed by atoms with E-state index in [1.165, 1.54) is 0 Å². The molecule has 1 atom stereocenters. The largest absolute Gasteiger partial charge is 0.192 e. The van der Waals surface area contributed by atoms with Gasteiger partial charge in [-0.15, -0.1) is 8.19 Å². The first-order chi connectivity index (χ1) is 3.43. The molecule has 1 aromatic rings. The van der Waals surface area contributed by atoms with Gasteiger partial charge in [0.25, 0.3) is 0 Å². The topological polar surface area (TPSA) is 23.8 Å². The van der Waals surface area contributed by atoms with Gasteiger partial charge in [0.1, 0.15) is 6.07 Å². The quantitative estimate of drug-likeness (QED) is 0.496. The van der Waals surface area contributed by atoms with Crippen LogP contribution in [0, 0.1) is 11.3 Å². The van der Waals surface area contributed by atoms with E-state index in [4.69, 9.17) is 5.26 Å². The van der Waals surface area contributed by atoms with Crippen molar-refractivity contribution in [3.63, 3.8) is 0 Å². The summed E-state index contributed by atoms with van der Waals surface area (Å²) in [6.45, 7) is 0. The van der Waals surface area contributed by atoms with Gasteiger partial charge in [-0.1, -0.05) is 6.07 Å². The zero-order chi connectivity index (χ0) is 5.11. The third-order valence-corrected chi connectivity index (χ3v) is 1.67. The molecule has 1 heterocycles. The molecule has 0 aliphatic rings. The van der Waals surface area contributed by atoms with Crippen molar-refractivity contribution in [2.24, 2.45) is 0 Å². The molecule has 34 valence electrons. The van der Waals surface area contributed by atoms with E-state index in [-0.39, 0.29) is 0 Å². The molecule has 0 aliphatic carbocycles. The fourth-order valence-corrected chi connectivity index (χ4v) is 1.03. The summed E-state index contributed by atoms with van der Waals surface area (Å²) in [7, 11) is 0.619. The van der Waals surface area contributed by atoms with E-state index in [0.717, 1.165) is 5.30 Å². The highest BCUT2D eigenvalue weighted by Crippen LogP contribution is 2.11. The van der Waals surface area contributed by atoms with Gasteiger partial charge in [-0.3, -0.25) is 0 Å². The molecule has 0 saturated heterocycles. The van der Waals surface area contributed by atoms with E-state index in [1.54, 1.807) is 0 Å². The first-order valence-electron chi connectivity index (χ1n) is 1.97. The van der Waals surface area contributed by atoms with Crippen LogP contribution in [0.1, 0.15) is 5.30 Å². The second-order valence-corrected chi connectivity index (χ2v) is 2.36. The summed E-state index contributed by atoms with van der Waals surface area (Å²) in [6, 6.07) is 5.83. The molecule has 0 aromatic carbocycles. The van der Waals surface area contributed by atoms with Crippen molar-refractivity contribution in [2.75, 3.05) is 0 Å². The lowest BCUT2D eigenvalue weighted by Crippen LogP contribution is -1.48. The number of hydrogen-bond acceptors (Lipinski definition) is 1. The fraction of sp³-hybridized carbons (Fsp3) is 0. The second-order valence-electron chi connectivity index (χ2n) is 1.20. The Bertz CT molecular complexity index is 170. The van der Waals surface area contributed by atoms with E-state index in [9.17, 15) is 0 Å². The third kappa shape index (κ3) is 0.824. The Kier molecular flexibility index (Phi) is 1.15. The fourth-order valence-electron chi connectivity index (χ4n) is 0.400. The Morgan fingerprint density at radius 1 is 1.71 bits per heavy atom. The summed E-state index contributed by atoms with van der Waals surface area (Å²) in [5, 5.41) is 9.10. The molecule has 0 N–H and O–H groups in total. The highest BCUT2D eigenvalue weighted by molar-refractivity contribution is 7.30. The summed E-state index contributed by atoms with van der Waals surface area (Å²) >= 11 is 0. The highest BCUT2D eigenvalue weighted by atomic mass is 31.0. The van der Waals surface area contributed by atoms with Crippen LogP contribution in [0.5, 0.6) is 0 Å². The Morgan fingerprint density at radius 2 is 2.57 bits per heavy atom. The van der Waals surface area contributed by atoms with Crippen LogP contribution in [0.4, 0.5) is 0 Å². The van der Waals surface area contributed by atoms with E-state index < -0.39 is 0 Å². The molecule has 1 rings (SSSR count). The van der Waals surface area contributed by atoms with Crippen molar-refractivity contribution in [1.29, 1.82) is 5.26 Å². The molecule has 0 radical (unpaired) electrons. The lowest BCUT2D eigenvalue weighted by atomic mass is 10.5. The molecule has 0 saturated carbocycles. The van der Waals surface area contributed by atoms with Crippen molar-refractivity contribution >= 4 is 8.19 Å². The molecular weight excluding hydrogens is 105 g/mol. The standard InChI is InChI=1S/C5H4NP/c6-4-5-2-1-3-7-5/h1-3,7H. The molecule has 1 nitrogen and oxygen atoms in total. The second kappa shape index (κ2) is 1.82. The predicted molar refractivity (Wildman–Crippen MR) is 30.7 cm³/mol. The van der Waals surface area contributed by atoms with Crippen LogP contribution in [0.15, 0.2) is 17.9 Å². The van der Waals surface area contributed by atoms with E-state index >= 15 is 0 Å². The van der Waals surface area contributed by atoms with Gasteiger partial charge in [-0.05, 0) is 11.9 Å². The molecule has 1 aromatic heterocycles. The minimum Gasteiger partial charge on any atom is -0.192 e. The molecule has 0 spiro atoms. The maximum Gasteiger partial charge on any atom is 0.103 e. The van der Waals surface area contributed by atoms with Gasteiger partial charge >= 0.3 is 0 Å². The average Bonchev–Trinajstić information content (AvgIpc) is 2.14. The van der Waals surface area contributed by atoms with Crippen molar-refractivity contribution in [1.82, 2.24) is 0 Å². The summed E-state index contributed by atoms with van der Waals surface area (Å²) in [4.78, 5) is 0. The molecule has 2 heteroatoms. The van der Waals surface area contributed by atoms with Gasteiger partial charge in [0, 0.05) is 0 Å². The normalized spacial score (nSPS) is 9.00. The van der Waals surface area contributed by atoms with E-state index in [0.29, 0.717) is 8.19 Å². The van der Waals surface area contributed by atoms with Crippen molar-refractivity contribution in [3.8, 4) is 6.07 Å². The number of rotatable bonds is 0. The Hall–Kier alpha value is -0.730. The van der Waals surface area contributed by atoms with E-state index in [2.05, 4.69) is 6.07 Å². The SMILES string of the molecule is N#Cc1ccc[pH]1. The first-order valence-corrected chi connectivity index (χ1v) is 3.04. The Morgan fingerprint density at radius 3 is 2.86 bits per heavy atom. The van der Waals surface area contributed by atoms with Crippen molar-refractivity contribution < 1.29 is 0 Å². The summed E-state index contributed by atoms with van der Waals surface area (Å²) in [5.41, 5.74) is 0. The van der Waals surface area contributed by atoms with Gasteiger partial charge < -0.3 is 0 Å². The number of nitriles is 1. The summed E-state index contributed by atoms with van der Waals surface area (Å²) < 4.78 is 0. The molecule has 0 aliphatic heterocycles. The first kappa shape index (κ1) is 4.43. The number of nitrogens with zero attached hydrogens (tertiary/aromatic N) is 1. The van der Waals surface area contributed by atoms with Gasteiger partial charge in [-0.2, -0.15) is 5.26 Å². The Labute approximate surface area is 43.7 Å². The zero-order valence-electron chi connectivity index (χ0n) is 3.68. The monoisotopic (exact) mass is 109 g/mol. The van der Waals surface area contributed by atoms with E-state index in [1.807, 2.05) is 17.9 Å². The Balaban J connectivity index is 3.04. The maximum absolute atomic E-state index is 8.21. The number of hydrogen-bond donors (Lipinski definition) is 0. The molecule has 0 amide bonds. The predicted octanol–water partition coefficient (Wildman–Crippen LogP) is 1.59. The molecule has 0 fully saturated rings. The minimum atomic E-state index is 0.619. The van der Waals surface area contributed by atoms with Gasteiger partial charge in [0.05, 0.1) is 5.30 Å². The molecule has 1 unspecified atom stereocenters. The highest BCUT2D eigenvalue weighted by Gasteiger charge is 1.80. The average molecular weight is 109 g/mol. The van der Waals surface area contributed by atoms with Crippen LogP contribution in [-0.2, 0) is 0 Å². The van der Waals surface area contributed by atoms with Gasteiger partial charge in [0.15, 0.2) is 0 Å². The van der Waals surface area contributed by atoms with Crippen LogP contribution in [0.2, 0.25) is 0 Å². The van der Waals surface area contributed by atoms with Crippen LogP contribution < -0.4 is 0 Å². The van der Waals surface area contributed by atoms with Crippen LogP contribution in [0.3, 0.4) is 0 Å². The summed E-state index contributed by atoms with van der Waals surface area (Å²) in [6.07, 6.45) is 0. The van der Waals surface area contributed by atoms with Crippen molar-refractivity contribution in [2.45, 2.75) is 0 Å². The lowest BCUT2D eigenvalue weighted by molar-refractivity contribution is 1.52.